The van der Waals surface area contributed by atoms with Crippen LogP contribution in [0.3, 0.4) is 0 Å². The molecule has 3 heteroatoms. The SMILES string of the molecule is CC1CC(C)CC(Oc2c(F)cccc2CNC(C)C)C1. The molecule has 21 heavy (non-hydrogen) atoms. The van der Waals surface area contributed by atoms with Gasteiger partial charge < -0.3 is 10.1 Å². The van der Waals surface area contributed by atoms with Gasteiger partial charge in [0.05, 0.1) is 6.10 Å². The highest BCUT2D eigenvalue weighted by Gasteiger charge is 2.26. The maximum absolute atomic E-state index is 14.2. The fourth-order valence-electron chi connectivity index (χ4n) is 3.27. The van der Waals surface area contributed by atoms with Gasteiger partial charge in [-0.3, -0.25) is 0 Å². The van der Waals surface area contributed by atoms with Gasteiger partial charge in [0.15, 0.2) is 11.6 Å². The van der Waals surface area contributed by atoms with Crippen LogP contribution in [0.1, 0.15) is 52.5 Å². The molecule has 0 saturated heterocycles. The fraction of sp³-hybridized carbons (Fsp3) is 0.667. The van der Waals surface area contributed by atoms with E-state index in [4.69, 9.17) is 4.74 Å². The summed E-state index contributed by atoms with van der Waals surface area (Å²) >= 11 is 0. The number of hydrogen-bond acceptors (Lipinski definition) is 2. The van der Waals surface area contributed by atoms with Crippen LogP contribution in [0, 0.1) is 17.7 Å². The molecule has 1 saturated carbocycles. The van der Waals surface area contributed by atoms with Crippen molar-refractivity contribution in [2.45, 2.75) is 65.6 Å². The molecule has 0 heterocycles. The van der Waals surface area contributed by atoms with Crippen molar-refractivity contribution in [3.63, 3.8) is 0 Å². The highest BCUT2D eigenvalue weighted by atomic mass is 19.1. The zero-order valence-electron chi connectivity index (χ0n) is 13.7. The summed E-state index contributed by atoms with van der Waals surface area (Å²) in [5.74, 6) is 1.51. The van der Waals surface area contributed by atoms with Crippen molar-refractivity contribution in [2.24, 2.45) is 11.8 Å². The van der Waals surface area contributed by atoms with Crippen LogP contribution in [0.25, 0.3) is 0 Å². The van der Waals surface area contributed by atoms with E-state index in [1.165, 1.54) is 12.5 Å². The van der Waals surface area contributed by atoms with E-state index in [-0.39, 0.29) is 11.9 Å². The van der Waals surface area contributed by atoms with Crippen molar-refractivity contribution in [3.05, 3.63) is 29.6 Å². The third-order valence-corrected chi connectivity index (χ3v) is 4.17. The molecule has 1 aromatic carbocycles. The summed E-state index contributed by atoms with van der Waals surface area (Å²) in [6.07, 6.45) is 3.43. The highest BCUT2D eigenvalue weighted by molar-refractivity contribution is 5.35. The number of para-hydroxylation sites is 1. The smallest absolute Gasteiger partial charge is 0.165 e. The molecule has 2 atom stereocenters. The summed E-state index contributed by atoms with van der Waals surface area (Å²) < 4.78 is 20.2. The molecule has 0 aliphatic heterocycles. The van der Waals surface area contributed by atoms with Crippen molar-refractivity contribution in [2.75, 3.05) is 0 Å². The fourth-order valence-corrected chi connectivity index (χ4v) is 3.27. The molecule has 0 spiro atoms. The standard InChI is InChI=1S/C18H28FNO/c1-12(2)20-11-15-6-5-7-17(19)18(15)21-16-9-13(3)8-14(4)10-16/h5-7,12-14,16,20H,8-11H2,1-4H3. The average Bonchev–Trinajstić information content (AvgIpc) is 2.38. The lowest BCUT2D eigenvalue weighted by molar-refractivity contribution is 0.0958. The third kappa shape index (κ3) is 4.70. The second kappa shape index (κ2) is 7.26. The van der Waals surface area contributed by atoms with Crippen LogP contribution in [-0.4, -0.2) is 12.1 Å². The van der Waals surface area contributed by atoms with Crippen molar-refractivity contribution in [1.29, 1.82) is 0 Å². The number of hydrogen-bond donors (Lipinski definition) is 1. The Labute approximate surface area is 128 Å². The van der Waals surface area contributed by atoms with E-state index < -0.39 is 0 Å². The lowest BCUT2D eigenvalue weighted by Crippen LogP contribution is -2.29. The molecular weight excluding hydrogens is 265 g/mol. The van der Waals surface area contributed by atoms with Gasteiger partial charge in [-0.1, -0.05) is 39.8 Å². The number of nitrogens with one attached hydrogen (secondary N) is 1. The van der Waals surface area contributed by atoms with Crippen LogP contribution >= 0.6 is 0 Å². The molecule has 0 bridgehead atoms. The van der Waals surface area contributed by atoms with Crippen molar-refractivity contribution < 1.29 is 9.13 Å². The Balaban J connectivity index is 2.10. The first-order valence-electron chi connectivity index (χ1n) is 8.13. The summed E-state index contributed by atoms with van der Waals surface area (Å²) in [4.78, 5) is 0. The van der Waals surface area contributed by atoms with Crippen LogP contribution in [-0.2, 0) is 6.54 Å². The van der Waals surface area contributed by atoms with E-state index in [1.54, 1.807) is 6.07 Å². The van der Waals surface area contributed by atoms with Gasteiger partial charge in [0.1, 0.15) is 0 Å². The molecule has 1 fully saturated rings. The largest absolute Gasteiger partial charge is 0.487 e. The minimum Gasteiger partial charge on any atom is -0.487 e. The molecule has 2 nitrogen and oxygen atoms in total. The zero-order chi connectivity index (χ0) is 15.4. The predicted octanol–water partition coefficient (Wildman–Crippen LogP) is 4.53. The van der Waals surface area contributed by atoms with Crippen LogP contribution < -0.4 is 10.1 Å². The zero-order valence-corrected chi connectivity index (χ0v) is 13.7. The molecule has 0 amide bonds. The van der Waals surface area contributed by atoms with Crippen molar-refractivity contribution >= 4 is 0 Å². The van der Waals surface area contributed by atoms with E-state index in [2.05, 4.69) is 33.0 Å². The van der Waals surface area contributed by atoms with E-state index in [1.807, 2.05) is 6.07 Å². The van der Waals surface area contributed by atoms with Crippen molar-refractivity contribution in [3.8, 4) is 5.75 Å². The number of ether oxygens (including phenoxy) is 1. The molecule has 2 unspecified atom stereocenters. The molecule has 1 aliphatic rings. The second-order valence-corrected chi connectivity index (χ2v) is 6.92. The van der Waals surface area contributed by atoms with Crippen LogP contribution in [0.5, 0.6) is 5.75 Å². The second-order valence-electron chi connectivity index (χ2n) is 6.92. The van der Waals surface area contributed by atoms with Crippen LogP contribution in [0.2, 0.25) is 0 Å². The van der Waals surface area contributed by atoms with E-state index >= 15 is 0 Å². The maximum Gasteiger partial charge on any atom is 0.165 e. The lowest BCUT2D eigenvalue weighted by Gasteiger charge is -2.32. The van der Waals surface area contributed by atoms with Gasteiger partial charge in [-0.15, -0.1) is 0 Å². The summed E-state index contributed by atoms with van der Waals surface area (Å²) in [5.41, 5.74) is 0.912. The summed E-state index contributed by atoms with van der Waals surface area (Å²) in [7, 11) is 0. The quantitative estimate of drug-likeness (QED) is 0.861. The highest BCUT2D eigenvalue weighted by Crippen LogP contribution is 2.33. The number of halogens is 1. The van der Waals surface area contributed by atoms with Gasteiger partial charge in [0.25, 0.3) is 0 Å². The Kier molecular flexibility index (Phi) is 5.63. The van der Waals surface area contributed by atoms with Gasteiger partial charge in [-0.2, -0.15) is 0 Å². The molecule has 0 radical (unpaired) electrons. The maximum atomic E-state index is 14.2. The van der Waals surface area contributed by atoms with Crippen molar-refractivity contribution in [1.82, 2.24) is 5.32 Å². The molecular formula is C18H28FNO. The lowest BCUT2D eigenvalue weighted by atomic mass is 9.82. The number of rotatable bonds is 5. The van der Waals surface area contributed by atoms with Gasteiger partial charge in [-0.25, -0.2) is 4.39 Å². The van der Waals surface area contributed by atoms with Gasteiger partial charge >= 0.3 is 0 Å². The topological polar surface area (TPSA) is 21.3 Å². The summed E-state index contributed by atoms with van der Waals surface area (Å²) in [5, 5.41) is 3.34. The molecule has 0 aromatic heterocycles. The summed E-state index contributed by atoms with van der Waals surface area (Å²) in [6.45, 7) is 9.33. The minimum atomic E-state index is -0.246. The number of benzene rings is 1. The monoisotopic (exact) mass is 293 g/mol. The van der Waals surface area contributed by atoms with Crippen LogP contribution in [0.4, 0.5) is 4.39 Å². The Morgan fingerprint density at radius 3 is 2.48 bits per heavy atom. The average molecular weight is 293 g/mol. The molecule has 118 valence electrons. The van der Waals surface area contributed by atoms with Gasteiger partial charge in [0.2, 0.25) is 0 Å². The van der Waals surface area contributed by atoms with Crippen LogP contribution in [0.15, 0.2) is 18.2 Å². The predicted molar refractivity (Wildman–Crippen MR) is 85.0 cm³/mol. The first-order valence-corrected chi connectivity index (χ1v) is 8.13. The first-order chi connectivity index (χ1) is 9.95. The molecule has 1 N–H and O–H groups in total. The summed E-state index contributed by atoms with van der Waals surface area (Å²) in [6, 6.07) is 5.56. The Morgan fingerprint density at radius 2 is 1.86 bits per heavy atom. The Bertz CT molecular complexity index is 451. The normalized spacial score (nSPS) is 26.1. The third-order valence-electron chi connectivity index (χ3n) is 4.17. The molecule has 2 rings (SSSR count). The first kappa shape index (κ1) is 16.3. The minimum absolute atomic E-state index is 0.137. The van der Waals surface area contributed by atoms with E-state index in [9.17, 15) is 4.39 Å². The van der Waals surface area contributed by atoms with Gasteiger partial charge in [0, 0.05) is 18.2 Å². The molecule has 1 aliphatic carbocycles. The van der Waals surface area contributed by atoms with E-state index in [0.29, 0.717) is 30.2 Å². The van der Waals surface area contributed by atoms with E-state index in [0.717, 1.165) is 18.4 Å². The van der Waals surface area contributed by atoms with Gasteiger partial charge in [-0.05, 0) is 37.2 Å². The Morgan fingerprint density at radius 1 is 1.19 bits per heavy atom. The molecule has 1 aromatic rings. The Hall–Kier alpha value is -1.09.